The smallest absolute Gasteiger partial charge is 0.438 e. The number of carbonyl (C=O) groups is 1. The van der Waals surface area contributed by atoms with Crippen molar-refractivity contribution in [3.63, 3.8) is 0 Å². The molecule has 0 aliphatic heterocycles. The Bertz CT molecular complexity index is 766. The molecular weight excluding hydrogens is 428 g/mol. The highest BCUT2D eigenvalue weighted by Gasteiger charge is 2.19. The summed E-state index contributed by atoms with van der Waals surface area (Å²) in [5, 5.41) is 10.4. The molecule has 2 aromatic rings. The number of methoxy groups -OCH3 is 1. The van der Waals surface area contributed by atoms with Crippen LogP contribution in [0, 0.1) is 23.2 Å². The molecule has 24 heavy (non-hydrogen) atoms. The maximum atomic E-state index is 14.0. The summed E-state index contributed by atoms with van der Waals surface area (Å²) in [6.07, 6.45) is -0.921. The van der Waals surface area contributed by atoms with E-state index in [1.54, 1.807) is 24.3 Å². The van der Waals surface area contributed by atoms with E-state index in [2.05, 4.69) is 27.3 Å². The zero-order valence-electron chi connectivity index (χ0n) is 13.5. The molecule has 0 atom stereocenters. The number of anilines is 1. The third-order valence-corrected chi connectivity index (χ3v) is 4.60. The highest BCUT2D eigenvalue weighted by atomic mass is 127. The van der Waals surface area contributed by atoms with Gasteiger partial charge in [-0.25, -0.2) is 9.18 Å². The number of hydrogen-bond donors (Lipinski definition) is 1. The lowest BCUT2D eigenvalue weighted by Gasteiger charge is -2.19. The van der Waals surface area contributed by atoms with Gasteiger partial charge in [-0.1, -0.05) is 6.07 Å². The van der Waals surface area contributed by atoms with E-state index in [1.807, 2.05) is 13.8 Å². The van der Waals surface area contributed by atoms with E-state index in [0.29, 0.717) is 10.6 Å². The lowest BCUT2D eigenvalue weighted by Crippen LogP contribution is -2.28. The number of aryl methyl sites for hydroxylation is 2. The number of benzene rings is 2. The minimum Gasteiger partial charge on any atom is -0.486 e. The number of hydroxylamine groups is 1. The highest BCUT2D eigenvalue weighted by molar-refractivity contribution is 14.1. The van der Waals surface area contributed by atoms with Crippen molar-refractivity contribution in [2.75, 3.05) is 12.2 Å². The second-order valence-corrected chi connectivity index (χ2v) is 6.34. The average Bonchev–Trinajstić information content (AvgIpc) is 2.56. The highest BCUT2D eigenvalue weighted by Crippen LogP contribution is 2.28. The van der Waals surface area contributed by atoms with E-state index in [9.17, 15) is 14.4 Å². The van der Waals surface area contributed by atoms with Crippen molar-refractivity contribution in [2.45, 2.75) is 20.5 Å². The summed E-state index contributed by atoms with van der Waals surface area (Å²) in [5.41, 5.74) is 2.51. The fraction of sp³-hybridized carbons (Fsp3) is 0.235. The summed E-state index contributed by atoms with van der Waals surface area (Å²) in [6, 6.07) is 8.06. The van der Waals surface area contributed by atoms with Crippen LogP contribution in [0.15, 0.2) is 30.3 Å². The Kier molecular flexibility index (Phi) is 6.00. The second kappa shape index (κ2) is 7.80. The molecule has 0 fully saturated rings. The van der Waals surface area contributed by atoms with Crippen LogP contribution in [0.4, 0.5) is 14.9 Å². The number of rotatable bonds is 4. The van der Waals surface area contributed by atoms with Crippen LogP contribution in [-0.2, 0) is 11.3 Å². The molecule has 0 saturated heterocycles. The predicted molar refractivity (Wildman–Crippen MR) is 96.0 cm³/mol. The number of carbonyl (C=O) groups excluding carboxylic acids is 1. The molecule has 0 heterocycles. The minimum atomic E-state index is -0.921. The summed E-state index contributed by atoms with van der Waals surface area (Å²) < 4.78 is 24.9. The third kappa shape index (κ3) is 3.96. The maximum Gasteiger partial charge on any atom is 0.438 e. The third-order valence-electron chi connectivity index (χ3n) is 3.59. The molecule has 0 saturated carbocycles. The van der Waals surface area contributed by atoms with E-state index in [4.69, 9.17) is 4.74 Å². The molecule has 7 heteroatoms. The summed E-state index contributed by atoms with van der Waals surface area (Å²) in [4.78, 5) is 11.5. The fourth-order valence-electron chi connectivity index (χ4n) is 2.09. The molecule has 2 rings (SSSR count). The predicted octanol–water partition coefficient (Wildman–Crippen LogP) is 4.59. The maximum absolute atomic E-state index is 14.0. The van der Waals surface area contributed by atoms with Crippen LogP contribution in [0.25, 0.3) is 0 Å². The second-order valence-electron chi connectivity index (χ2n) is 5.17. The minimum absolute atomic E-state index is 0.0120. The van der Waals surface area contributed by atoms with Gasteiger partial charge in [-0.2, -0.15) is 5.06 Å². The summed E-state index contributed by atoms with van der Waals surface area (Å²) in [6.45, 7) is 3.68. The van der Waals surface area contributed by atoms with Crippen LogP contribution in [0.1, 0.15) is 16.7 Å². The quantitative estimate of drug-likeness (QED) is 0.425. The van der Waals surface area contributed by atoms with Crippen LogP contribution in [0.3, 0.4) is 0 Å². The Morgan fingerprint density at radius 1 is 1.29 bits per heavy atom. The molecule has 0 aliphatic rings. The molecule has 1 N–H and O–H groups in total. The molecule has 0 spiro atoms. The summed E-state index contributed by atoms with van der Waals surface area (Å²) >= 11 is 2.05. The van der Waals surface area contributed by atoms with Gasteiger partial charge in [0.05, 0.1) is 12.8 Å². The number of nitrogens with zero attached hydrogens (tertiary/aromatic N) is 1. The summed E-state index contributed by atoms with van der Waals surface area (Å²) in [7, 11) is 1.17. The van der Waals surface area contributed by atoms with E-state index >= 15 is 0 Å². The van der Waals surface area contributed by atoms with Gasteiger partial charge in [-0.05, 0) is 71.8 Å². The molecule has 1 amide bonds. The number of amides is 1. The Balaban J connectivity index is 2.30. The molecule has 2 aromatic carbocycles. The lowest BCUT2D eigenvalue weighted by molar-refractivity contribution is 0.140. The monoisotopic (exact) mass is 445 g/mol. The zero-order chi connectivity index (χ0) is 17.9. The first-order valence-corrected chi connectivity index (χ1v) is 8.17. The molecule has 128 valence electrons. The normalized spacial score (nSPS) is 10.4. The van der Waals surface area contributed by atoms with Crippen molar-refractivity contribution in [1.29, 1.82) is 0 Å². The van der Waals surface area contributed by atoms with Gasteiger partial charge >= 0.3 is 6.09 Å². The number of ether oxygens (including phenoxy) is 2. The van der Waals surface area contributed by atoms with Crippen molar-refractivity contribution in [3.05, 3.63) is 56.4 Å². The van der Waals surface area contributed by atoms with Crippen molar-refractivity contribution in [1.82, 2.24) is 0 Å². The van der Waals surface area contributed by atoms with Crippen molar-refractivity contribution >= 4 is 34.4 Å². The van der Waals surface area contributed by atoms with Crippen LogP contribution in [0.2, 0.25) is 0 Å². The standard InChI is InChI=1S/C17H17FINO4/c1-10-7-13(18)16(8-11(10)2)24-9-12-14(19)5-4-6-15(12)20(22)17(21)23-3/h4-8,22H,9H2,1-3H3. The van der Waals surface area contributed by atoms with Crippen molar-refractivity contribution in [2.24, 2.45) is 0 Å². The lowest BCUT2D eigenvalue weighted by atomic mass is 10.1. The first-order chi connectivity index (χ1) is 11.3. The Labute approximate surface area is 153 Å². The van der Waals surface area contributed by atoms with Crippen LogP contribution >= 0.6 is 22.6 Å². The van der Waals surface area contributed by atoms with Gasteiger partial charge in [0.1, 0.15) is 6.61 Å². The first-order valence-electron chi connectivity index (χ1n) is 7.09. The van der Waals surface area contributed by atoms with Gasteiger partial charge in [-0.15, -0.1) is 0 Å². The van der Waals surface area contributed by atoms with Crippen LogP contribution < -0.4 is 9.80 Å². The largest absolute Gasteiger partial charge is 0.486 e. The zero-order valence-corrected chi connectivity index (χ0v) is 15.6. The van der Waals surface area contributed by atoms with Crippen LogP contribution in [0.5, 0.6) is 5.75 Å². The fourth-order valence-corrected chi connectivity index (χ4v) is 2.73. The molecule has 0 radical (unpaired) electrons. The Morgan fingerprint density at radius 3 is 2.62 bits per heavy atom. The SMILES string of the molecule is COC(=O)N(O)c1cccc(I)c1COc1cc(C)c(C)cc1F. The van der Waals surface area contributed by atoms with E-state index in [-0.39, 0.29) is 18.0 Å². The van der Waals surface area contributed by atoms with Crippen molar-refractivity contribution < 1.29 is 23.9 Å². The van der Waals surface area contributed by atoms with Crippen molar-refractivity contribution in [3.8, 4) is 5.75 Å². The molecule has 5 nitrogen and oxygen atoms in total. The average molecular weight is 445 g/mol. The molecule has 0 unspecified atom stereocenters. The molecular formula is C17H17FINO4. The topological polar surface area (TPSA) is 59.0 Å². The van der Waals surface area contributed by atoms with E-state index in [0.717, 1.165) is 14.7 Å². The summed E-state index contributed by atoms with van der Waals surface area (Å²) in [5.74, 6) is -0.342. The van der Waals surface area contributed by atoms with Gasteiger partial charge < -0.3 is 9.47 Å². The molecule has 0 bridgehead atoms. The van der Waals surface area contributed by atoms with E-state index < -0.39 is 11.9 Å². The van der Waals surface area contributed by atoms with Gasteiger partial charge in [0, 0.05) is 9.13 Å². The number of halogens is 2. The van der Waals surface area contributed by atoms with Gasteiger partial charge in [0.25, 0.3) is 0 Å². The van der Waals surface area contributed by atoms with E-state index in [1.165, 1.54) is 13.2 Å². The van der Waals surface area contributed by atoms with Gasteiger partial charge in [-0.3, -0.25) is 5.21 Å². The molecule has 0 aliphatic carbocycles. The first kappa shape index (κ1) is 18.5. The van der Waals surface area contributed by atoms with Gasteiger partial charge in [0.2, 0.25) is 0 Å². The van der Waals surface area contributed by atoms with Gasteiger partial charge in [0.15, 0.2) is 11.6 Å². The number of hydrogen-bond acceptors (Lipinski definition) is 4. The Morgan fingerprint density at radius 2 is 1.96 bits per heavy atom. The van der Waals surface area contributed by atoms with Crippen LogP contribution in [-0.4, -0.2) is 18.4 Å². The molecule has 0 aromatic heterocycles. The Hall–Kier alpha value is -1.87.